The van der Waals surface area contributed by atoms with Gasteiger partial charge in [-0.05, 0) is 85.3 Å². The van der Waals surface area contributed by atoms with Gasteiger partial charge < -0.3 is 49.6 Å². The van der Waals surface area contributed by atoms with Crippen molar-refractivity contribution in [3.8, 4) is 0 Å². The molecule has 0 aliphatic heterocycles. The Balaban J connectivity index is 1.20. The number of carbonyl (C=O) groups excluding carboxylic acids is 5. The van der Waals surface area contributed by atoms with Crippen LogP contribution in [0.4, 0.5) is 0 Å². The monoisotopic (exact) mass is 916 g/mol. The summed E-state index contributed by atoms with van der Waals surface area (Å²) in [5, 5.41) is 62.6. The van der Waals surface area contributed by atoms with Gasteiger partial charge in [-0.1, -0.05) is 99.2 Å². The standard InChI is InChI=1S/C51H64O15/c52-23-26-64-46(57)41-7-1-4-20-49(41,60)33-63-32-36-12-10-34(11-13-36)29-37-16-19-39(40(31-37)45(56)51(62)22-6-3-9-43(51)48(59)66-28-25-54)30-35-14-17-38(18-15-35)44(55)50(61)21-5-2-8-42(50)47(58)65-27-24-53/h10-19,31,41-43,52-54,60-62H,1-9,20-30,32-33H2. The summed E-state index contributed by atoms with van der Waals surface area (Å²) < 4.78 is 21.4. The van der Waals surface area contributed by atoms with E-state index in [1.165, 1.54) is 0 Å². The topological polar surface area (TPSA) is 244 Å². The number of Topliss-reactive ketones (excluding diaryl/α,β-unsaturated/α-hetero) is 2. The number of benzene rings is 3. The van der Waals surface area contributed by atoms with Gasteiger partial charge in [0.25, 0.3) is 0 Å². The van der Waals surface area contributed by atoms with Gasteiger partial charge >= 0.3 is 17.9 Å². The van der Waals surface area contributed by atoms with E-state index in [1.807, 2.05) is 36.4 Å². The lowest BCUT2D eigenvalue weighted by Crippen LogP contribution is -2.52. The summed E-state index contributed by atoms with van der Waals surface area (Å²) in [6.07, 6.45) is 5.95. The number of ether oxygens (including phenoxy) is 4. The Labute approximate surface area is 385 Å². The molecule has 0 spiro atoms. The van der Waals surface area contributed by atoms with Crippen molar-refractivity contribution in [2.24, 2.45) is 17.8 Å². The molecule has 3 fully saturated rings. The first-order valence-electron chi connectivity index (χ1n) is 23.2. The van der Waals surface area contributed by atoms with Crippen LogP contribution in [0.25, 0.3) is 0 Å². The molecule has 3 aliphatic rings. The summed E-state index contributed by atoms with van der Waals surface area (Å²) in [6.45, 7) is -1.57. The molecule has 0 radical (unpaired) electrons. The first-order valence-corrected chi connectivity index (χ1v) is 23.2. The van der Waals surface area contributed by atoms with E-state index >= 15 is 0 Å². The average molecular weight is 917 g/mol. The summed E-state index contributed by atoms with van der Waals surface area (Å²) in [7, 11) is 0. The van der Waals surface area contributed by atoms with E-state index in [9.17, 15) is 44.4 Å². The third kappa shape index (κ3) is 12.0. The second-order valence-electron chi connectivity index (χ2n) is 18.0. The number of hydrogen-bond acceptors (Lipinski definition) is 15. The summed E-state index contributed by atoms with van der Waals surface area (Å²) in [5.74, 6) is -6.20. The minimum Gasteiger partial charge on any atom is -0.463 e. The Hall–Kier alpha value is -4.87. The zero-order chi connectivity index (χ0) is 47.3. The Morgan fingerprint density at radius 1 is 0.515 bits per heavy atom. The maximum Gasteiger partial charge on any atom is 0.312 e. The van der Waals surface area contributed by atoms with Crippen molar-refractivity contribution >= 4 is 29.5 Å². The van der Waals surface area contributed by atoms with E-state index in [-0.39, 0.29) is 89.5 Å². The van der Waals surface area contributed by atoms with Crippen LogP contribution in [0, 0.1) is 17.8 Å². The van der Waals surface area contributed by atoms with Crippen LogP contribution in [-0.4, -0.2) is 123 Å². The van der Waals surface area contributed by atoms with Crippen LogP contribution in [0.15, 0.2) is 66.7 Å². The fourth-order valence-electron chi connectivity index (χ4n) is 9.86. The van der Waals surface area contributed by atoms with Crippen LogP contribution in [-0.2, 0) is 52.8 Å². The first-order chi connectivity index (χ1) is 31.8. The van der Waals surface area contributed by atoms with Gasteiger partial charge in [0.2, 0.25) is 0 Å². The summed E-state index contributed by atoms with van der Waals surface area (Å²) >= 11 is 0. The fourth-order valence-corrected chi connectivity index (χ4v) is 9.86. The number of aliphatic hydroxyl groups is 6. The third-order valence-electron chi connectivity index (χ3n) is 13.5. The Morgan fingerprint density at radius 2 is 0.970 bits per heavy atom. The zero-order valence-electron chi connectivity index (χ0n) is 37.5. The van der Waals surface area contributed by atoms with Crippen molar-refractivity contribution in [2.45, 2.75) is 113 Å². The van der Waals surface area contributed by atoms with Crippen molar-refractivity contribution in [3.05, 3.63) is 106 Å². The lowest BCUT2D eigenvalue weighted by molar-refractivity contribution is -0.171. The minimum atomic E-state index is -2.06. The van der Waals surface area contributed by atoms with Crippen LogP contribution in [0.3, 0.4) is 0 Å². The predicted octanol–water partition coefficient (Wildman–Crippen LogP) is 4.12. The second kappa shape index (κ2) is 23.2. The lowest BCUT2D eigenvalue weighted by atomic mass is 9.70. The van der Waals surface area contributed by atoms with Gasteiger partial charge in [0.1, 0.15) is 36.6 Å². The Kier molecular flexibility index (Phi) is 17.8. The van der Waals surface area contributed by atoms with E-state index in [4.69, 9.17) is 29.2 Å². The zero-order valence-corrected chi connectivity index (χ0v) is 37.5. The van der Waals surface area contributed by atoms with E-state index < -0.39 is 70.6 Å². The summed E-state index contributed by atoms with van der Waals surface area (Å²) in [6, 6.07) is 19.6. The van der Waals surface area contributed by atoms with Gasteiger partial charge in [-0.15, -0.1) is 0 Å². The van der Waals surface area contributed by atoms with Crippen molar-refractivity contribution in [1.82, 2.24) is 0 Å². The molecular formula is C51H64O15. The number of carbonyl (C=O) groups is 5. The number of ketones is 2. The average Bonchev–Trinajstić information content (AvgIpc) is 3.32. The summed E-state index contributed by atoms with van der Waals surface area (Å²) in [5.41, 5.74) is -1.20. The lowest BCUT2D eigenvalue weighted by Gasteiger charge is -2.38. The molecule has 3 saturated carbocycles. The molecule has 0 aromatic heterocycles. The molecule has 0 bridgehead atoms. The highest BCUT2D eigenvalue weighted by atomic mass is 16.6. The van der Waals surface area contributed by atoms with Gasteiger partial charge in [-0.3, -0.25) is 24.0 Å². The SMILES string of the molecule is O=C(OCCO)C1CCCCC1(O)COCc1ccc(Cc2ccc(Cc3ccc(C(=O)C4(O)CCCCC4C(=O)OCCO)cc3)c(C(=O)C3(O)CCCCC3C(=O)OCCO)c2)cc1. The smallest absolute Gasteiger partial charge is 0.312 e. The van der Waals surface area contributed by atoms with Crippen LogP contribution in [0.1, 0.15) is 126 Å². The van der Waals surface area contributed by atoms with Crippen molar-refractivity contribution in [1.29, 1.82) is 0 Å². The number of esters is 3. The minimum absolute atomic E-state index is 0.0397. The molecule has 0 saturated heterocycles. The molecule has 0 heterocycles. The molecule has 358 valence electrons. The molecule has 3 aromatic carbocycles. The van der Waals surface area contributed by atoms with E-state index in [2.05, 4.69) is 0 Å². The van der Waals surface area contributed by atoms with Gasteiger partial charge in [-0.2, -0.15) is 0 Å². The van der Waals surface area contributed by atoms with E-state index in [1.54, 1.807) is 30.3 Å². The van der Waals surface area contributed by atoms with Crippen LogP contribution in [0.2, 0.25) is 0 Å². The Morgan fingerprint density at radius 3 is 1.53 bits per heavy atom. The van der Waals surface area contributed by atoms with Crippen LogP contribution < -0.4 is 0 Å². The first kappa shape index (κ1) is 50.5. The highest BCUT2D eigenvalue weighted by molar-refractivity contribution is 6.06. The van der Waals surface area contributed by atoms with Crippen molar-refractivity contribution in [3.63, 3.8) is 0 Å². The van der Waals surface area contributed by atoms with Gasteiger partial charge in [0.05, 0.1) is 50.8 Å². The van der Waals surface area contributed by atoms with Gasteiger partial charge in [0, 0.05) is 11.1 Å². The van der Waals surface area contributed by atoms with E-state index in [0.717, 1.165) is 29.5 Å². The molecule has 66 heavy (non-hydrogen) atoms. The van der Waals surface area contributed by atoms with Gasteiger partial charge in [-0.25, -0.2) is 0 Å². The molecule has 15 nitrogen and oxygen atoms in total. The quantitative estimate of drug-likeness (QED) is 0.0500. The fraction of sp³-hybridized carbons (Fsp3) is 0.549. The predicted molar refractivity (Wildman–Crippen MR) is 238 cm³/mol. The number of aliphatic hydroxyl groups excluding tert-OH is 3. The van der Waals surface area contributed by atoms with Gasteiger partial charge in [0.15, 0.2) is 11.6 Å². The molecule has 6 N–H and O–H groups in total. The second-order valence-corrected chi connectivity index (χ2v) is 18.0. The highest BCUT2D eigenvalue weighted by Crippen LogP contribution is 2.40. The molecular weight excluding hydrogens is 853 g/mol. The van der Waals surface area contributed by atoms with Crippen LogP contribution in [0.5, 0.6) is 0 Å². The Bertz CT molecular complexity index is 2140. The van der Waals surface area contributed by atoms with E-state index in [0.29, 0.717) is 56.1 Å². The molecule has 15 heteroatoms. The van der Waals surface area contributed by atoms with Crippen molar-refractivity contribution < 1.29 is 73.6 Å². The maximum atomic E-state index is 14.7. The molecule has 3 aliphatic carbocycles. The molecule has 6 atom stereocenters. The molecule has 6 unspecified atom stereocenters. The molecule has 3 aromatic rings. The third-order valence-corrected chi connectivity index (χ3v) is 13.5. The maximum absolute atomic E-state index is 14.7. The van der Waals surface area contributed by atoms with Crippen molar-refractivity contribution in [2.75, 3.05) is 46.2 Å². The number of rotatable bonds is 21. The highest BCUT2D eigenvalue weighted by Gasteiger charge is 2.51. The summed E-state index contributed by atoms with van der Waals surface area (Å²) in [4.78, 5) is 67.2. The van der Waals surface area contributed by atoms with Crippen LogP contribution >= 0.6 is 0 Å². The molecule has 6 rings (SSSR count). The number of hydrogen-bond donors (Lipinski definition) is 6. The largest absolute Gasteiger partial charge is 0.463 e. The normalized spacial score (nSPS) is 25.4. The molecule has 0 amide bonds.